The van der Waals surface area contributed by atoms with Gasteiger partial charge in [-0.1, -0.05) is 0 Å². The third-order valence-electron chi connectivity index (χ3n) is 0.987. The van der Waals surface area contributed by atoms with Crippen LogP contribution < -0.4 is 5.73 Å². The molecule has 10 heavy (non-hydrogen) atoms. The summed E-state index contributed by atoms with van der Waals surface area (Å²) < 4.78 is 9.25. The van der Waals surface area contributed by atoms with Crippen molar-refractivity contribution in [2.24, 2.45) is 5.73 Å². The first-order valence-electron chi connectivity index (χ1n) is 3.18. The molecular formula is C6H13NO3. The number of ether oxygens (including phenoxy) is 2. The highest BCUT2D eigenvalue weighted by molar-refractivity contribution is 5.64. The van der Waals surface area contributed by atoms with E-state index < -0.39 is 6.09 Å². The van der Waals surface area contributed by atoms with Gasteiger partial charge >= 0.3 is 6.09 Å². The summed E-state index contributed by atoms with van der Waals surface area (Å²) in [4.78, 5) is 10.0. The maximum atomic E-state index is 10.0. The standard InChI is InChI=1S/C6H13NO3/c1-9-4-2-3-5-10-6(7)8/h2-5H2,1H3,(H2,7,8). The molecule has 0 unspecified atom stereocenters. The lowest BCUT2D eigenvalue weighted by Gasteiger charge is -1.99. The van der Waals surface area contributed by atoms with E-state index in [1.165, 1.54) is 0 Å². The van der Waals surface area contributed by atoms with Gasteiger partial charge in [0.2, 0.25) is 0 Å². The Balaban J connectivity index is 2.84. The van der Waals surface area contributed by atoms with Crippen molar-refractivity contribution < 1.29 is 14.3 Å². The summed E-state index contributed by atoms with van der Waals surface area (Å²) in [5.41, 5.74) is 4.71. The second kappa shape index (κ2) is 6.35. The number of nitrogens with two attached hydrogens (primary N) is 1. The highest BCUT2D eigenvalue weighted by Crippen LogP contribution is 1.89. The van der Waals surface area contributed by atoms with Gasteiger partial charge in [0.15, 0.2) is 0 Å². The van der Waals surface area contributed by atoms with Gasteiger partial charge in [-0.15, -0.1) is 0 Å². The summed E-state index contributed by atoms with van der Waals surface area (Å²) in [7, 11) is 1.63. The van der Waals surface area contributed by atoms with E-state index in [1.54, 1.807) is 7.11 Å². The minimum Gasteiger partial charge on any atom is -0.450 e. The lowest BCUT2D eigenvalue weighted by atomic mass is 10.3. The second-order valence-corrected chi connectivity index (χ2v) is 1.87. The van der Waals surface area contributed by atoms with Gasteiger partial charge in [-0.05, 0) is 12.8 Å². The number of rotatable bonds is 5. The fourth-order valence-electron chi connectivity index (χ4n) is 0.521. The topological polar surface area (TPSA) is 61.6 Å². The molecule has 0 atom stereocenters. The van der Waals surface area contributed by atoms with E-state index in [-0.39, 0.29) is 0 Å². The zero-order valence-electron chi connectivity index (χ0n) is 6.13. The van der Waals surface area contributed by atoms with Crippen LogP contribution in [-0.4, -0.2) is 26.4 Å². The second-order valence-electron chi connectivity index (χ2n) is 1.87. The van der Waals surface area contributed by atoms with Gasteiger partial charge < -0.3 is 15.2 Å². The van der Waals surface area contributed by atoms with E-state index in [2.05, 4.69) is 4.74 Å². The number of unbranched alkanes of at least 4 members (excludes halogenated alkanes) is 1. The lowest BCUT2D eigenvalue weighted by Crippen LogP contribution is -2.13. The number of hydrogen-bond donors (Lipinski definition) is 1. The largest absolute Gasteiger partial charge is 0.450 e. The summed E-state index contributed by atoms with van der Waals surface area (Å²) in [6.07, 6.45) is 0.984. The molecule has 0 aliphatic rings. The summed E-state index contributed by atoms with van der Waals surface area (Å²) in [6.45, 7) is 1.08. The van der Waals surface area contributed by atoms with Gasteiger partial charge in [-0.25, -0.2) is 4.79 Å². The van der Waals surface area contributed by atoms with Gasteiger partial charge in [0.1, 0.15) is 0 Å². The van der Waals surface area contributed by atoms with Crippen LogP contribution >= 0.6 is 0 Å². The van der Waals surface area contributed by atoms with Gasteiger partial charge in [-0.2, -0.15) is 0 Å². The third kappa shape index (κ3) is 7.23. The number of amides is 1. The molecule has 2 N–H and O–H groups in total. The highest BCUT2D eigenvalue weighted by atomic mass is 16.5. The van der Waals surface area contributed by atoms with Gasteiger partial charge in [0.25, 0.3) is 0 Å². The SMILES string of the molecule is COCCCCOC(N)=O. The summed E-state index contributed by atoms with van der Waals surface area (Å²) >= 11 is 0. The molecule has 0 fully saturated rings. The van der Waals surface area contributed by atoms with Crippen LogP contribution in [0.4, 0.5) is 4.79 Å². The van der Waals surface area contributed by atoms with Gasteiger partial charge in [0, 0.05) is 13.7 Å². The average molecular weight is 147 g/mol. The van der Waals surface area contributed by atoms with Crippen LogP contribution in [0, 0.1) is 0 Å². The summed E-state index contributed by atoms with van der Waals surface area (Å²) in [5, 5.41) is 0. The summed E-state index contributed by atoms with van der Waals surface area (Å²) in [6, 6.07) is 0. The Morgan fingerprint density at radius 3 is 2.50 bits per heavy atom. The van der Waals surface area contributed by atoms with E-state index in [1.807, 2.05) is 0 Å². The van der Waals surface area contributed by atoms with E-state index in [0.717, 1.165) is 12.8 Å². The molecule has 0 saturated heterocycles. The molecule has 0 radical (unpaired) electrons. The molecule has 0 rings (SSSR count). The van der Waals surface area contributed by atoms with E-state index in [9.17, 15) is 4.79 Å². The number of carbonyl (C=O) groups excluding carboxylic acids is 1. The van der Waals surface area contributed by atoms with Crippen molar-refractivity contribution >= 4 is 6.09 Å². The van der Waals surface area contributed by atoms with Crippen molar-refractivity contribution in [3.8, 4) is 0 Å². The van der Waals surface area contributed by atoms with Crippen LogP contribution in [0.1, 0.15) is 12.8 Å². The Morgan fingerprint density at radius 1 is 1.40 bits per heavy atom. The zero-order chi connectivity index (χ0) is 7.82. The predicted octanol–water partition coefficient (Wildman–Crippen LogP) is 0.508. The van der Waals surface area contributed by atoms with E-state index in [0.29, 0.717) is 13.2 Å². The highest BCUT2D eigenvalue weighted by Gasteiger charge is 1.91. The number of hydrogen-bond acceptors (Lipinski definition) is 3. The maximum absolute atomic E-state index is 10.0. The molecule has 0 heterocycles. The molecule has 4 nitrogen and oxygen atoms in total. The van der Waals surface area contributed by atoms with Gasteiger partial charge in [-0.3, -0.25) is 0 Å². The van der Waals surface area contributed by atoms with Crippen molar-refractivity contribution in [1.29, 1.82) is 0 Å². The molecule has 0 aromatic rings. The van der Waals surface area contributed by atoms with Crippen LogP contribution in [0.25, 0.3) is 0 Å². The summed E-state index contributed by atoms with van der Waals surface area (Å²) in [5.74, 6) is 0. The van der Waals surface area contributed by atoms with Crippen LogP contribution in [0.5, 0.6) is 0 Å². The molecule has 0 saturated carbocycles. The minimum absolute atomic E-state index is 0.388. The van der Waals surface area contributed by atoms with Crippen LogP contribution in [0.3, 0.4) is 0 Å². The van der Waals surface area contributed by atoms with Gasteiger partial charge in [0.05, 0.1) is 6.61 Å². The van der Waals surface area contributed by atoms with E-state index in [4.69, 9.17) is 10.5 Å². The van der Waals surface area contributed by atoms with Crippen LogP contribution in [0.15, 0.2) is 0 Å². The van der Waals surface area contributed by atoms with Crippen molar-refractivity contribution in [3.05, 3.63) is 0 Å². The lowest BCUT2D eigenvalue weighted by molar-refractivity contribution is 0.144. The fourth-order valence-corrected chi connectivity index (χ4v) is 0.521. The third-order valence-corrected chi connectivity index (χ3v) is 0.987. The molecule has 4 heteroatoms. The smallest absolute Gasteiger partial charge is 0.404 e. The van der Waals surface area contributed by atoms with E-state index >= 15 is 0 Å². The fraction of sp³-hybridized carbons (Fsp3) is 0.833. The first-order valence-corrected chi connectivity index (χ1v) is 3.18. The Labute approximate surface area is 60.3 Å². The normalized spacial score (nSPS) is 9.30. The molecule has 1 amide bonds. The molecule has 0 spiro atoms. The number of methoxy groups -OCH3 is 1. The quantitative estimate of drug-likeness (QED) is 0.576. The Hall–Kier alpha value is -0.770. The first-order chi connectivity index (χ1) is 4.77. The molecular weight excluding hydrogens is 134 g/mol. The monoisotopic (exact) mass is 147 g/mol. The van der Waals surface area contributed by atoms with Crippen molar-refractivity contribution in [1.82, 2.24) is 0 Å². The minimum atomic E-state index is -0.711. The molecule has 0 aromatic heterocycles. The molecule has 0 bridgehead atoms. The Bertz CT molecular complexity index is 95.0. The number of primary amides is 1. The molecule has 0 aliphatic carbocycles. The molecule has 60 valence electrons. The Morgan fingerprint density at radius 2 is 2.00 bits per heavy atom. The van der Waals surface area contributed by atoms with Crippen molar-refractivity contribution in [2.75, 3.05) is 20.3 Å². The van der Waals surface area contributed by atoms with Crippen LogP contribution in [-0.2, 0) is 9.47 Å². The van der Waals surface area contributed by atoms with Crippen molar-refractivity contribution in [3.63, 3.8) is 0 Å². The van der Waals surface area contributed by atoms with Crippen LogP contribution in [0.2, 0.25) is 0 Å². The molecule has 0 aromatic carbocycles. The number of carbonyl (C=O) groups is 1. The predicted molar refractivity (Wildman–Crippen MR) is 36.6 cm³/mol. The van der Waals surface area contributed by atoms with Crippen molar-refractivity contribution in [2.45, 2.75) is 12.8 Å². The first kappa shape index (κ1) is 9.23. The molecule has 0 aliphatic heterocycles. The zero-order valence-corrected chi connectivity index (χ0v) is 6.13. The maximum Gasteiger partial charge on any atom is 0.404 e. The Kier molecular flexibility index (Phi) is 5.86. The average Bonchev–Trinajstić information content (AvgIpc) is 1.87.